The van der Waals surface area contributed by atoms with E-state index >= 15 is 0 Å². The lowest BCUT2D eigenvalue weighted by molar-refractivity contribution is 0.0687. The number of aromatic carboxylic acids is 1. The molecule has 0 bridgehead atoms. The van der Waals surface area contributed by atoms with Crippen LogP contribution < -0.4 is 0 Å². The monoisotopic (exact) mass is 193 g/mol. The van der Waals surface area contributed by atoms with Gasteiger partial charge in [0, 0.05) is 0 Å². The second-order valence-corrected chi connectivity index (χ2v) is 2.86. The van der Waals surface area contributed by atoms with Gasteiger partial charge in [-0.25, -0.2) is 9.31 Å². The minimum absolute atomic E-state index is 0.285. The molecule has 0 amide bonds. The van der Waals surface area contributed by atoms with Crippen LogP contribution in [0.2, 0.25) is 0 Å². The van der Waals surface area contributed by atoms with Gasteiger partial charge in [-0.15, -0.1) is 0 Å². The first kappa shape index (κ1) is 8.49. The maximum Gasteiger partial charge on any atom is 0.360 e. The molecule has 0 atom stereocenters. The highest BCUT2D eigenvalue weighted by Gasteiger charge is 2.17. The Labute approximate surface area is 78.4 Å². The molecule has 0 saturated carbocycles. The number of nitrogens with zero attached hydrogens (tertiary/aromatic N) is 3. The van der Waals surface area contributed by atoms with Crippen molar-refractivity contribution in [2.24, 2.45) is 0 Å². The van der Waals surface area contributed by atoms with Gasteiger partial charge in [-0.05, 0) is 6.92 Å². The Morgan fingerprint density at radius 2 is 2.29 bits per heavy atom. The van der Waals surface area contributed by atoms with E-state index in [-0.39, 0.29) is 17.0 Å². The van der Waals surface area contributed by atoms with Gasteiger partial charge < -0.3 is 10.2 Å². The lowest BCUT2D eigenvalue weighted by Crippen LogP contribution is -1.98. The highest BCUT2D eigenvalue weighted by Crippen LogP contribution is 2.22. The van der Waals surface area contributed by atoms with E-state index in [0.29, 0.717) is 5.69 Å². The van der Waals surface area contributed by atoms with Crippen LogP contribution in [0.4, 0.5) is 0 Å². The Morgan fingerprint density at radius 1 is 1.57 bits per heavy atom. The van der Waals surface area contributed by atoms with E-state index in [9.17, 15) is 9.90 Å². The van der Waals surface area contributed by atoms with Crippen molar-refractivity contribution in [2.75, 3.05) is 0 Å². The average Bonchev–Trinajstić information content (AvgIpc) is 2.43. The van der Waals surface area contributed by atoms with Gasteiger partial charge >= 0.3 is 5.97 Å². The second kappa shape index (κ2) is 2.69. The molecule has 0 spiro atoms. The summed E-state index contributed by atoms with van der Waals surface area (Å²) in [7, 11) is 0. The molecule has 2 heterocycles. The van der Waals surface area contributed by atoms with E-state index in [4.69, 9.17) is 5.11 Å². The highest BCUT2D eigenvalue weighted by molar-refractivity contribution is 5.91. The second-order valence-electron chi connectivity index (χ2n) is 2.86. The van der Waals surface area contributed by atoms with Gasteiger partial charge in [0.05, 0.1) is 18.1 Å². The minimum Gasteiger partial charge on any atom is -0.504 e. The first-order valence-corrected chi connectivity index (χ1v) is 3.87. The Kier molecular flexibility index (Phi) is 1.63. The van der Waals surface area contributed by atoms with E-state index in [0.717, 1.165) is 0 Å². The molecule has 0 fully saturated rings. The number of aryl methyl sites for hydroxylation is 1. The van der Waals surface area contributed by atoms with Crippen LogP contribution in [0.1, 0.15) is 16.2 Å². The summed E-state index contributed by atoms with van der Waals surface area (Å²) in [5.74, 6) is -1.62. The van der Waals surface area contributed by atoms with Crippen molar-refractivity contribution in [3.63, 3.8) is 0 Å². The minimum atomic E-state index is -1.26. The fourth-order valence-electron chi connectivity index (χ4n) is 1.17. The zero-order valence-corrected chi connectivity index (χ0v) is 7.30. The molecule has 2 N–H and O–H groups in total. The molecular formula is C8H7N3O3. The van der Waals surface area contributed by atoms with E-state index in [1.54, 1.807) is 13.1 Å². The lowest BCUT2D eigenvalue weighted by Gasteiger charge is -1.92. The molecule has 0 radical (unpaired) electrons. The van der Waals surface area contributed by atoms with Crippen LogP contribution in [0.15, 0.2) is 12.4 Å². The van der Waals surface area contributed by atoms with Crippen molar-refractivity contribution in [3.8, 4) is 5.75 Å². The molecule has 0 aliphatic carbocycles. The van der Waals surface area contributed by atoms with Gasteiger partial charge in [0.1, 0.15) is 5.52 Å². The first-order valence-electron chi connectivity index (χ1n) is 3.87. The number of hydrogen-bond acceptors (Lipinski definition) is 4. The number of aromatic hydroxyl groups is 1. The Balaban J connectivity index is 2.79. The summed E-state index contributed by atoms with van der Waals surface area (Å²) < 4.78 is 1.29. The van der Waals surface area contributed by atoms with Crippen molar-refractivity contribution < 1.29 is 15.0 Å². The Hall–Kier alpha value is -2.11. The van der Waals surface area contributed by atoms with Crippen LogP contribution in [0.5, 0.6) is 5.75 Å². The molecule has 0 unspecified atom stereocenters. The van der Waals surface area contributed by atoms with E-state index in [2.05, 4.69) is 10.1 Å². The number of carboxylic acid groups (broad SMARTS) is 1. The summed E-state index contributed by atoms with van der Waals surface area (Å²) in [5.41, 5.74) is 0.613. The lowest BCUT2D eigenvalue weighted by atomic mass is 10.3. The number of fused-ring (bicyclic) bond motifs is 1. The number of rotatable bonds is 1. The van der Waals surface area contributed by atoms with Crippen molar-refractivity contribution in [2.45, 2.75) is 6.92 Å². The smallest absolute Gasteiger partial charge is 0.360 e. The van der Waals surface area contributed by atoms with Crippen LogP contribution in [0, 0.1) is 6.92 Å². The predicted octanol–water partition coefficient (Wildman–Crippen LogP) is 0.442. The van der Waals surface area contributed by atoms with E-state index in [1.165, 1.54) is 10.7 Å². The molecule has 2 rings (SSSR count). The van der Waals surface area contributed by atoms with Crippen LogP contribution in [0.25, 0.3) is 5.52 Å². The molecule has 14 heavy (non-hydrogen) atoms. The maximum absolute atomic E-state index is 10.6. The third-order valence-corrected chi connectivity index (χ3v) is 1.82. The average molecular weight is 193 g/mol. The van der Waals surface area contributed by atoms with Gasteiger partial charge in [-0.3, -0.25) is 4.98 Å². The summed E-state index contributed by atoms with van der Waals surface area (Å²) in [6, 6.07) is 0. The SMILES string of the molecule is Cc1cn2nc(C(=O)O)c(O)c2cn1. The molecule has 2 aromatic heterocycles. The summed E-state index contributed by atoms with van der Waals surface area (Å²) in [4.78, 5) is 14.5. The Bertz CT molecular complexity index is 518. The number of carbonyl (C=O) groups is 1. The molecule has 72 valence electrons. The summed E-state index contributed by atoms with van der Waals surface area (Å²) in [6.45, 7) is 1.75. The molecule has 0 aliphatic heterocycles. The van der Waals surface area contributed by atoms with Gasteiger partial charge in [0.2, 0.25) is 5.69 Å². The predicted molar refractivity (Wildman–Crippen MR) is 46.3 cm³/mol. The third-order valence-electron chi connectivity index (χ3n) is 1.82. The summed E-state index contributed by atoms with van der Waals surface area (Å²) in [5, 5.41) is 21.8. The van der Waals surface area contributed by atoms with Crippen molar-refractivity contribution in [1.29, 1.82) is 0 Å². The molecule has 0 aliphatic rings. The summed E-state index contributed by atoms with van der Waals surface area (Å²) in [6.07, 6.45) is 2.92. The van der Waals surface area contributed by atoms with Gasteiger partial charge in [-0.1, -0.05) is 0 Å². The number of carboxylic acids is 1. The third kappa shape index (κ3) is 1.08. The van der Waals surface area contributed by atoms with E-state index in [1.807, 2.05) is 0 Å². The van der Waals surface area contributed by atoms with Gasteiger partial charge in [0.25, 0.3) is 0 Å². The van der Waals surface area contributed by atoms with E-state index < -0.39 is 5.97 Å². The van der Waals surface area contributed by atoms with Gasteiger partial charge in [-0.2, -0.15) is 5.10 Å². The Morgan fingerprint density at radius 3 is 2.93 bits per heavy atom. The zero-order valence-electron chi connectivity index (χ0n) is 7.30. The fraction of sp³-hybridized carbons (Fsp3) is 0.125. The van der Waals surface area contributed by atoms with Crippen molar-refractivity contribution in [3.05, 3.63) is 23.8 Å². The molecule has 6 nitrogen and oxygen atoms in total. The molecule has 2 aromatic rings. The normalized spacial score (nSPS) is 10.6. The van der Waals surface area contributed by atoms with Crippen molar-refractivity contribution >= 4 is 11.5 Å². The highest BCUT2D eigenvalue weighted by atomic mass is 16.4. The topological polar surface area (TPSA) is 87.7 Å². The standard InChI is InChI=1S/C8H7N3O3/c1-4-3-11-5(2-9-4)7(12)6(10-11)8(13)14/h2-3,12H,1H3,(H,13,14). The molecule has 0 saturated heterocycles. The van der Waals surface area contributed by atoms with Crippen LogP contribution >= 0.6 is 0 Å². The molecular weight excluding hydrogens is 186 g/mol. The maximum atomic E-state index is 10.6. The van der Waals surface area contributed by atoms with Crippen molar-refractivity contribution in [1.82, 2.24) is 14.6 Å². The van der Waals surface area contributed by atoms with Crippen LogP contribution in [-0.4, -0.2) is 30.8 Å². The van der Waals surface area contributed by atoms with Crippen LogP contribution in [-0.2, 0) is 0 Å². The molecule has 6 heteroatoms. The zero-order chi connectivity index (χ0) is 10.3. The van der Waals surface area contributed by atoms with Crippen LogP contribution in [0.3, 0.4) is 0 Å². The quantitative estimate of drug-likeness (QED) is 0.686. The fourth-order valence-corrected chi connectivity index (χ4v) is 1.17. The molecule has 0 aromatic carbocycles. The first-order chi connectivity index (χ1) is 6.59. The largest absolute Gasteiger partial charge is 0.504 e. The van der Waals surface area contributed by atoms with Gasteiger partial charge in [0.15, 0.2) is 5.75 Å². The number of aromatic nitrogens is 3. The summed E-state index contributed by atoms with van der Waals surface area (Å²) >= 11 is 0. The number of hydrogen-bond donors (Lipinski definition) is 2.